The van der Waals surface area contributed by atoms with Crippen molar-refractivity contribution in [2.75, 3.05) is 11.9 Å². The SMILES string of the molecule is Cn1cc(NC(=O)OCC2c3ccccc3-c3ccccc32)c(C(=O)NC2(C(=O)O)CCC2)n1. The van der Waals surface area contributed by atoms with Crippen molar-refractivity contribution in [2.45, 2.75) is 30.7 Å². The van der Waals surface area contributed by atoms with Crippen LogP contribution in [0.4, 0.5) is 10.5 Å². The van der Waals surface area contributed by atoms with Gasteiger partial charge in [0.2, 0.25) is 0 Å². The summed E-state index contributed by atoms with van der Waals surface area (Å²) in [6, 6.07) is 16.1. The Morgan fingerprint density at radius 1 is 1.09 bits per heavy atom. The number of hydrogen-bond donors (Lipinski definition) is 3. The number of rotatable bonds is 6. The van der Waals surface area contributed by atoms with Crippen LogP contribution < -0.4 is 10.6 Å². The molecule has 0 atom stereocenters. The average Bonchev–Trinajstić information content (AvgIpc) is 3.32. The highest BCUT2D eigenvalue weighted by Crippen LogP contribution is 2.44. The first-order valence-electron chi connectivity index (χ1n) is 11.1. The standard InChI is InChI=1S/C25H24N4O5/c1-29-13-20(21(28-29)22(30)27-25(23(31)32)11-6-12-25)26-24(33)34-14-19-17-9-4-2-7-15(17)16-8-3-5-10-18(16)19/h2-5,7-10,13,19H,6,11-12,14H2,1H3,(H,26,33)(H,27,30)(H,31,32). The number of nitrogens with one attached hydrogen (secondary N) is 2. The van der Waals surface area contributed by atoms with Crippen molar-refractivity contribution in [2.24, 2.45) is 7.05 Å². The number of fused-ring (bicyclic) bond motifs is 3. The third-order valence-electron chi connectivity index (χ3n) is 6.59. The summed E-state index contributed by atoms with van der Waals surface area (Å²) in [7, 11) is 1.61. The zero-order valence-corrected chi connectivity index (χ0v) is 18.6. The van der Waals surface area contributed by atoms with Crippen molar-refractivity contribution in [1.29, 1.82) is 0 Å². The van der Waals surface area contributed by atoms with Gasteiger partial charge in [-0.25, -0.2) is 9.59 Å². The highest BCUT2D eigenvalue weighted by molar-refractivity contribution is 6.03. The molecule has 0 saturated heterocycles. The fourth-order valence-corrected chi connectivity index (χ4v) is 4.69. The molecule has 3 N–H and O–H groups in total. The molecular formula is C25H24N4O5. The van der Waals surface area contributed by atoms with Gasteiger partial charge in [-0.3, -0.25) is 14.8 Å². The number of benzene rings is 2. The Labute approximate surface area is 195 Å². The normalized spacial score (nSPS) is 15.6. The summed E-state index contributed by atoms with van der Waals surface area (Å²) in [5.41, 5.74) is 3.24. The van der Waals surface area contributed by atoms with Gasteiger partial charge in [-0.1, -0.05) is 48.5 Å². The summed E-state index contributed by atoms with van der Waals surface area (Å²) < 4.78 is 6.92. The highest BCUT2D eigenvalue weighted by atomic mass is 16.5. The Hall–Kier alpha value is -4.14. The van der Waals surface area contributed by atoms with E-state index < -0.39 is 23.5 Å². The lowest BCUT2D eigenvalue weighted by Crippen LogP contribution is -2.59. The number of aliphatic carboxylic acids is 1. The zero-order valence-electron chi connectivity index (χ0n) is 18.6. The molecule has 1 fully saturated rings. The van der Waals surface area contributed by atoms with Gasteiger partial charge in [0.25, 0.3) is 5.91 Å². The third kappa shape index (κ3) is 3.68. The molecule has 9 nitrogen and oxygen atoms in total. The molecule has 0 bridgehead atoms. The molecule has 2 aromatic carbocycles. The Balaban J connectivity index is 1.28. The van der Waals surface area contributed by atoms with E-state index in [0.29, 0.717) is 12.8 Å². The van der Waals surface area contributed by atoms with E-state index in [0.717, 1.165) is 28.7 Å². The number of aryl methyl sites for hydroxylation is 1. The van der Waals surface area contributed by atoms with Crippen LogP contribution in [0.15, 0.2) is 54.7 Å². The molecule has 3 aromatic rings. The fourth-order valence-electron chi connectivity index (χ4n) is 4.69. The smallest absolute Gasteiger partial charge is 0.411 e. The van der Waals surface area contributed by atoms with Gasteiger partial charge in [-0.2, -0.15) is 5.10 Å². The molecule has 0 spiro atoms. The number of amides is 2. The maximum absolute atomic E-state index is 12.8. The van der Waals surface area contributed by atoms with Gasteiger partial charge in [-0.05, 0) is 41.5 Å². The minimum Gasteiger partial charge on any atom is -0.480 e. The van der Waals surface area contributed by atoms with Crippen LogP contribution in [-0.2, 0) is 16.6 Å². The summed E-state index contributed by atoms with van der Waals surface area (Å²) in [6.07, 6.45) is 2.19. The molecule has 34 heavy (non-hydrogen) atoms. The summed E-state index contributed by atoms with van der Waals surface area (Å²) in [4.78, 5) is 37.0. The van der Waals surface area contributed by atoms with E-state index in [9.17, 15) is 19.5 Å². The number of carbonyl (C=O) groups is 3. The van der Waals surface area contributed by atoms with E-state index in [1.54, 1.807) is 7.05 Å². The minimum atomic E-state index is -1.28. The molecule has 2 aliphatic carbocycles. The molecule has 0 aliphatic heterocycles. The summed E-state index contributed by atoms with van der Waals surface area (Å²) in [6.45, 7) is 0.129. The molecule has 174 valence electrons. The quantitative estimate of drug-likeness (QED) is 0.517. The number of anilines is 1. The number of ether oxygens (including phenoxy) is 1. The monoisotopic (exact) mass is 460 g/mol. The Bertz CT molecular complexity index is 1250. The van der Waals surface area contributed by atoms with Gasteiger partial charge in [0, 0.05) is 19.2 Å². The van der Waals surface area contributed by atoms with E-state index >= 15 is 0 Å². The van der Waals surface area contributed by atoms with Gasteiger partial charge in [0.05, 0.1) is 5.69 Å². The summed E-state index contributed by atoms with van der Waals surface area (Å²) in [5, 5.41) is 18.7. The van der Waals surface area contributed by atoms with Crippen LogP contribution in [0.25, 0.3) is 11.1 Å². The number of carboxylic acids is 1. The zero-order chi connectivity index (χ0) is 23.9. The van der Waals surface area contributed by atoms with Crippen molar-refractivity contribution in [1.82, 2.24) is 15.1 Å². The van der Waals surface area contributed by atoms with Gasteiger partial charge < -0.3 is 15.2 Å². The average molecular weight is 460 g/mol. The molecule has 0 radical (unpaired) electrons. The second-order valence-electron chi connectivity index (χ2n) is 8.71. The van der Waals surface area contributed by atoms with Crippen LogP contribution in [0.2, 0.25) is 0 Å². The molecule has 2 aliphatic rings. The first-order chi connectivity index (χ1) is 16.4. The van der Waals surface area contributed by atoms with E-state index in [1.807, 2.05) is 36.4 Å². The van der Waals surface area contributed by atoms with Gasteiger partial charge in [0.1, 0.15) is 12.1 Å². The Morgan fingerprint density at radius 3 is 2.26 bits per heavy atom. The van der Waals surface area contributed by atoms with Crippen LogP contribution in [0.5, 0.6) is 0 Å². The van der Waals surface area contributed by atoms with Gasteiger partial charge >= 0.3 is 12.1 Å². The topological polar surface area (TPSA) is 123 Å². The van der Waals surface area contributed by atoms with E-state index in [2.05, 4.69) is 27.9 Å². The first kappa shape index (κ1) is 21.7. The van der Waals surface area contributed by atoms with E-state index in [4.69, 9.17) is 4.74 Å². The van der Waals surface area contributed by atoms with Crippen molar-refractivity contribution >= 4 is 23.7 Å². The fraction of sp³-hybridized carbons (Fsp3) is 0.280. The highest BCUT2D eigenvalue weighted by Gasteiger charge is 2.46. The first-order valence-corrected chi connectivity index (χ1v) is 11.1. The number of carbonyl (C=O) groups excluding carboxylic acids is 2. The van der Waals surface area contributed by atoms with Crippen molar-refractivity contribution in [3.63, 3.8) is 0 Å². The molecule has 1 heterocycles. The maximum Gasteiger partial charge on any atom is 0.411 e. The predicted molar refractivity (Wildman–Crippen MR) is 124 cm³/mol. The lowest BCUT2D eigenvalue weighted by Gasteiger charge is -2.38. The summed E-state index contributed by atoms with van der Waals surface area (Å²) in [5.74, 6) is -1.82. The third-order valence-corrected chi connectivity index (χ3v) is 6.59. The molecule has 1 saturated carbocycles. The lowest BCUT2D eigenvalue weighted by molar-refractivity contribution is -0.148. The number of carboxylic acid groups (broad SMARTS) is 1. The molecule has 5 rings (SSSR count). The van der Waals surface area contributed by atoms with Crippen LogP contribution in [0.3, 0.4) is 0 Å². The van der Waals surface area contributed by atoms with Crippen LogP contribution >= 0.6 is 0 Å². The minimum absolute atomic E-state index is 0.0662. The summed E-state index contributed by atoms with van der Waals surface area (Å²) >= 11 is 0. The number of hydrogen-bond acceptors (Lipinski definition) is 5. The number of aromatic nitrogens is 2. The van der Waals surface area contributed by atoms with E-state index in [-0.39, 0.29) is 23.9 Å². The van der Waals surface area contributed by atoms with Crippen molar-refractivity contribution in [3.8, 4) is 11.1 Å². The number of nitrogens with zero attached hydrogens (tertiary/aromatic N) is 2. The van der Waals surface area contributed by atoms with E-state index in [1.165, 1.54) is 10.9 Å². The largest absolute Gasteiger partial charge is 0.480 e. The second-order valence-corrected chi connectivity index (χ2v) is 8.71. The molecule has 2 amide bonds. The second kappa shape index (κ2) is 8.33. The van der Waals surface area contributed by atoms with Gasteiger partial charge in [-0.15, -0.1) is 0 Å². The molecular weight excluding hydrogens is 436 g/mol. The Morgan fingerprint density at radius 2 is 1.71 bits per heavy atom. The molecule has 9 heteroatoms. The van der Waals surface area contributed by atoms with Gasteiger partial charge in [0.15, 0.2) is 5.69 Å². The molecule has 1 aromatic heterocycles. The van der Waals surface area contributed by atoms with Crippen molar-refractivity contribution in [3.05, 3.63) is 71.5 Å². The molecule has 0 unspecified atom stereocenters. The van der Waals surface area contributed by atoms with Crippen LogP contribution in [0, 0.1) is 0 Å². The predicted octanol–water partition coefficient (Wildman–Crippen LogP) is 3.52. The maximum atomic E-state index is 12.8. The van der Waals surface area contributed by atoms with Crippen LogP contribution in [-0.4, -0.2) is 45.0 Å². The van der Waals surface area contributed by atoms with Crippen molar-refractivity contribution < 1.29 is 24.2 Å². The van der Waals surface area contributed by atoms with Crippen LogP contribution in [0.1, 0.15) is 46.8 Å². The lowest BCUT2D eigenvalue weighted by atomic mass is 9.76. The Kier molecular flexibility index (Phi) is 5.31.